The lowest BCUT2D eigenvalue weighted by Crippen LogP contribution is -2.35. The van der Waals surface area contributed by atoms with Crippen molar-refractivity contribution in [2.45, 2.75) is 6.04 Å². The highest BCUT2D eigenvalue weighted by atomic mass is 16.5. The van der Waals surface area contributed by atoms with Gasteiger partial charge in [-0.05, 0) is 37.9 Å². The van der Waals surface area contributed by atoms with Gasteiger partial charge in [0.05, 0.1) is 13.2 Å². The number of aryl methyl sites for hydroxylation is 1. The number of carbonyl (C=O) groups is 1. The summed E-state index contributed by atoms with van der Waals surface area (Å²) in [6.07, 6.45) is 0. The maximum absolute atomic E-state index is 12.2. The zero-order chi connectivity index (χ0) is 17.7. The predicted molar refractivity (Wildman–Crippen MR) is 91.2 cm³/mol. The number of aromatic nitrogens is 2. The lowest BCUT2D eigenvalue weighted by atomic mass is 10.1. The fourth-order valence-corrected chi connectivity index (χ4v) is 2.33. The number of hydrogen-bond acceptors (Lipinski definition) is 5. The van der Waals surface area contributed by atoms with E-state index in [1.54, 1.807) is 7.11 Å². The molecule has 0 saturated heterocycles. The molecule has 7 nitrogen and oxygen atoms in total. The quantitative estimate of drug-likeness (QED) is 0.849. The third-order valence-corrected chi connectivity index (χ3v) is 3.77. The fraction of sp³-hybridized carbons (Fsp3) is 0.353. The molecule has 7 heteroatoms. The summed E-state index contributed by atoms with van der Waals surface area (Å²) in [4.78, 5) is 25.6. The lowest BCUT2D eigenvalue weighted by Gasteiger charge is -2.25. The molecule has 0 saturated carbocycles. The van der Waals surface area contributed by atoms with Crippen molar-refractivity contribution in [3.63, 3.8) is 0 Å². The molecule has 0 aliphatic rings. The first-order valence-electron chi connectivity index (χ1n) is 7.55. The zero-order valence-electron chi connectivity index (χ0n) is 14.3. The summed E-state index contributed by atoms with van der Waals surface area (Å²) >= 11 is 0. The molecule has 1 amide bonds. The van der Waals surface area contributed by atoms with Crippen LogP contribution in [-0.2, 0) is 7.05 Å². The number of rotatable bonds is 6. The van der Waals surface area contributed by atoms with Gasteiger partial charge in [0.15, 0.2) is 0 Å². The summed E-state index contributed by atoms with van der Waals surface area (Å²) in [5.41, 5.74) is 1.02. The molecule has 1 aromatic heterocycles. The molecular formula is C17H22N4O3. The van der Waals surface area contributed by atoms with Gasteiger partial charge in [-0.25, -0.2) is 4.68 Å². The Balaban J connectivity index is 2.08. The Morgan fingerprint density at radius 2 is 1.92 bits per heavy atom. The van der Waals surface area contributed by atoms with Crippen LogP contribution in [0, 0.1) is 0 Å². The van der Waals surface area contributed by atoms with Gasteiger partial charge in [0.2, 0.25) is 0 Å². The summed E-state index contributed by atoms with van der Waals surface area (Å²) in [5, 5.41) is 6.82. The molecular weight excluding hydrogens is 308 g/mol. The van der Waals surface area contributed by atoms with E-state index in [0.29, 0.717) is 6.54 Å². The molecule has 2 aromatic rings. The van der Waals surface area contributed by atoms with E-state index in [0.717, 1.165) is 16.0 Å². The molecule has 0 aliphatic heterocycles. The molecule has 0 fully saturated rings. The van der Waals surface area contributed by atoms with E-state index >= 15 is 0 Å². The van der Waals surface area contributed by atoms with E-state index in [4.69, 9.17) is 4.74 Å². The first kappa shape index (κ1) is 17.7. The topological polar surface area (TPSA) is 76.5 Å². The van der Waals surface area contributed by atoms with E-state index in [1.165, 1.54) is 19.2 Å². The third kappa shape index (κ3) is 4.20. The summed E-state index contributed by atoms with van der Waals surface area (Å²) in [5.74, 6) is 0.473. The highest BCUT2D eigenvalue weighted by molar-refractivity contribution is 5.92. The molecule has 1 N–H and O–H groups in total. The first-order chi connectivity index (χ1) is 11.4. The number of benzene rings is 1. The van der Waals surface area contributed by atoms with Crippen molar-refractivity contribution in [3.05, 3.63) is 58.0 Å². The second-order valence-electron chi connectivity index (χ2n) is 5.64. The summed E-state index contributed by atoms with van der Waals surface area (Å²) in [6.45, 7) is 0.419. The van der Waals surface area contributed by atoms with Gasteiger partial charge in [-0.2, -0.15) is 5.10 Å². The van der Waals surface area contributed by atoms with E-state index in [-0.39, 0.29) is 23.2 Å². The highest BCUT2D eigenvalue weighted by Gasteiger charge is 2.17. The molecule has 1 unspecified atom stereocenters. The van der Waals surface area contributed by atoms with E-state index in [1.807, 2.05) is 43.3 Å². The van der Waals surface area contributed by atoms with Gasteiger partial charge in [0.25, 0.3) is 11.5 Å². The van der Waals surface area contributed by atoms with Gasteiger partial charge in [0, 0.05) is 19.7 Å². The molecule has 0 aliphatic carbocycles. The standard InChI is InChI=1S/C17H22N4O3/c1-20(2)15(12-5-7-13(24-4)8-6-12)11-18-17(23)14-9-10-16(22)21(3)19-14/h5-10,15H,11H2,1-4H3,(H,18,23). The van der Waals surface area contributed by atoms with Crippen LogP contribution in [0.1, 0.15) is 22.1 Å². The van der Waals surface area contributed by atoms with Crippen LogP contribution in [-0.4, -0.2) is 48.3 Å². The van der Waals surface area contributed by atoms with Crippen LogP contribution in [0.3, 0.4) is 0 Å². The minimum absolute atomic E-state index is 0.00684. The second kappa shape index (κ2) is 7.74. The van der Waals surface area contributed by atoms with Gasteiger partial charge < -0.3 is 15.0 Å². The van der Waals surface area contributed by atoms with Crippen molar-refractivity contribution >= 4 is 5.91 Å². The molecule has 2 rings (SSSR count). The van der Waals surface area contributed by atoms with Crippen LogP contribution in [0.4, 0.5) is 0 Å². The van der Waals surface area contributed by atoms with Crippen LogP contribution in [0.25, 0.3) is 0 Å². The Labute approximate surface area is 140 Å². The van der Waals surface area contributed by atoms with Crippen molar-refractivity contribution in [1.82, 2.24) is 20.0 Å². The van der Waals surface area contributed by atoms with Crippen molar-refractivity contribution in [1.29, 1.82) is 0 Å². The Morgan fingerprint density at radius 3 is 2.46 bits per heavy atom. The van der Waals surface area contributed by atoms with E-state index < -0.39 is 0 Å². The summed E-state index contributed by atoms with van der Waals surface area (Å²) in [7, 11) is 7.04. The van der Waals surface area contributed by atoms with Crippen molar-refractivity contribution in [3.8, 4) is 5.75 Å². The van der Waals surface area contributed by atoms with Gasteiger partial charge in [-0.1, -0.05) is 12.1 Å². The van der Waals surface area contributed by atoms with Crippen molar-refractivity contribution in [2.24, 2.45) is 7.05 Å². The third-order valence-electron chi connectivity index (χ3n) is 3.77. The van der Waals surface area contributed by atoms with Crippen molar-refractivity contribution in [2.75, 3.05) is 27.7 Å². The summed E-state index contributed by atoms with van der Waals surface area (Å²) in [6, 6.07) is 10.5. The van der Waals surface area contributed by atoms with Crippen LogP contribution in [0.5, 0.6) is 5.75 Å². The number of carbonyl (C=O) groups excluding carboxylic acids is 1. The monoisotopic (exact) mass is 330 g/mol. The van der Waals surface area contributed by atoms with Crippen LogP contribution in [0.15, 0.2) is 41.2 Å². The normalized spacial score (nSPS) is 12.0. The smallest absolute Gasteiger partial charge is 0.271 e. The van der Waals surface area contributed by atoms with Gasteiger partial charge in [-0.3, -0.25) is 9.59 Å². The Bertz CT molecular complexity index is 753. The molecule has 0 bridgehead atoms. The summed E-state index contributed by atoms with van der Waals surface area (Å²) < 4.78 is 6.31. The largest absolute Gasteiger partial charge is 0.497 e. The van der Waals surface area contributed by atoms with Crippen LogP contribution >= 0.6 is 0 Å². The second-order valence-corrected chi connectivity index (χ2v) is 5.64. The van der Waals surface area contributed by atoms with Crippen molar-refractivity contribution < 1.29 is 9.53 Å². The molecule has 0 spiro atoms. The van der Waals surface area contributed by atoms with E-state index in [2.05, 4.69) is 10.4 Å². The Kier molecular flexibility index (Phi) is 5.70. The average Bonchev–Trinajstić information content (AvgIpc) is 2.57. The minimum Gasteiger partial charge on any atom is -0.497 e. The maximum Gasteiger partial charge on any atom is 0.271 e. The molecule has 1 aromatic carbocycles. The number of likely N-dealkylation sites (N-methyl/N-ethyl adjacent to an activating group) is 1. The van der Waals surface area contributed by atoms with Gasteiger partial charge in [-0.15, -0.1) is 0 Å². The SMILES string of the molecule is COc1ccc(C(CNC(=O)c2ccc(=O)n(C)n2)N(C)C)cc1. The molecule has 128 valence electrons. The number of methoxy groups -OCH3 is 1. The molecule has 1 heterocycles. The molecule has 0 radical (unpaired) electrons. The molecule has 1 atom stereocenters. The number of nitrogens with zero attached hydrogens (tertiary/aromatic N) is 3. The van der Waals surface area contributed by atoms with Gasteiger partial charge >= 0.3 is 0 Å². The fourth-order valence-electron chi connectivity index (χ4n) is 2.33. The van der Waals surface area contributed by atoms with Crippen LogP contribution in [0.2, 0.25) is 0 Å². The van der Waals surface area contributed by atoms with Gasteiger partial charge in [0.1, 0.15) is 11.4 Å². The zero-order valence-corrected chi connectivity index (χ0v) is 14.3. The van der Waals surface area contributed by atoms with E-state index in [9.17, 15) is 9.59 Å². The molecule has 24 heavy (non-hydrogen) atoms. The number of nitrogens with one attached hydrogen (secondary N) is 1. The van der Waals surface area contributed by atoms with Crippen LogP contribution < -0.4 is 15.6 Å². The number of amides is 1. The Morgan fingerprint density at radius 1 is 1.25 bits per heavy atom. The maximum atomic E-state index is 12.2. The highest BCUT2D eigenvalue weighted by Crippen LogP contribution is 2.20. The first-order valence-corrected chi connectivity index (χ1v) is 7.55. The predicted octanol–water partition coefficient (Wildman–Crippen LogP) is 0.822. The number of ether oxygens (including phenoxy) is 1. The average molecular weight is 330 g/mol. The number of hydrogen-bond donors (Lipinski definition) is 1. The minimum atomic E-state index is -0.314. The Hall–Kier alpha value is -2.67. The lowest BCUT2D eigenvalue weighted by molar-refractivity contribution is 0.0934.